The van der Waals surface area contributed by atoms with Crippen molar-refractivity contribution in [3.63, 3.8) is 0 Å². The van der Waals surface area contributed by atoms with Crippen LogP contribution >= 0.6 is 12.4 Å². The molecule has 0 atom stereocenters. The zero-order valence-corrected chi connectivity index (χ0v) is 13.6. The number of rotatable bonds is 1. The smallest absolute Gasteiger partial charge is 0.257 e. The largest absolute Gasteiger partial charge is 0.338 e. The Morgan fingerprint density at radius 1 is 1.27 bits per heavy atom. The second kappa shape index (κ2) is 6.39. The summed E-state index contributed by atoms with van der Waals surface area (Å²) >= 11 is 0. The van der Waals surface area contributed by atoms with Crippen molar-refractivity contribution in [1.29, 1.82) is 0 Å². The molecule has 3 rings (SSSR count). The second-order valence-electron chi connectivity index (χ2n) is 5.45. The van der Waals surface area contributed by atoms with Crippen LogP contribution in [-0.2, 0) is 14.8 Å². The summed E-state index contributed by atoms with van der Waals surface area (Å²) in [5.41, 5.74) is 6.19. The van der Waals surface area contributed by atoms with Crippen LogP contribution in [0.1, 0.15) is 12.8 Å². The normalized spacial score (nSPS) is 24.0. The highest BCUT2D eigenvalue weighted by Crippen LogP contribution is 2.21. The molecular weight excluding hydrogens is 328 g/mol. The first-order chi connectivity index (χ1) is 9.96. The number of hydrogen-bond acceptors (Lipinski definition) is 5. The number of allylic oxidation sites excluding steroid dienone is 2. The van der Waals surface area contributed by atoms with E-state index < -0.39 is 10.0 Å². The Balaban J connectivity index is 0.00000176. The van der Waals surface area contributed by atoms with Crippen LogP contribution in [0.4, 0.5) is 0 Å². The maximum Gasteiger partial charge on any atom is 0.257 e. The van der Waals surface area contributed by atoms with E-state index in [9.17, 15) is 13.2 Å². The van der Waals surface area contributed by atoms with Crippen molar-refractivity contribution < 1.29 is 13.2 Å². The van der Waals surface area contributed by atoms with Crippen molar-refractivity contribution in [3.05, 3.63) is 23.9 Å². The minimum atomic E-state index is -3.48. The molecule has 3 heterocycles. The van der Waals surface area contributed by atoms with Crippen LogP contribution in [0.25, 0.3) is 0 Å². The van der Waals surface area contributed by atoms with E-state index in [0.717, 1.165) is 12.8 Å². The molecule has 0 unspecified atom stereocenters. The van der Waals surface area contributed by atoms with E-state index in [0.29, 0.717) is 25.2 Å². The number of likely N-dealkylation sites (tertiary alicyclic amines) is 1. The second-order valence-corrected chi connectivity index (χ2v) is 7.20. The minimum absolute atomic E-state index is 0. The Hall–Kier alpha value is -1.38. The van der Waals surface area contributed by atoms with Gasteiger partial charge in [0.1, 0.15) is 0 Å². The molecule has 0 aromatic carbocycles. The molecule has 3 aliphatic heterocycles. The summed E-state index contributed by atoms with van der Waals surface area (Å²) < 4.78 is 27.1. The molecule has 0 bridgehead atoms. The standard InChI is InChI=1S/C13H18N4O3S.ClH/c14-10-3-6-17(7-4-10)13(18)11-2-1-5-16-8-9-21(19,20)15-12(11)16;/h1-2,5,10H,3-4,6-9,14H2;1H. The van der Waals surface area contributed by atoms with Gasteiger partial charge in [-0.25, -0.2) is 8.42 Å². The zero-order chi connectivity index (χ0) is 15.0. The number of carbonyl (C=O) groups excluding carboxylic acids is 1. The molecule has 1 saturated heterocycles. The molecule has 0 aromatic heterocycles. The minimum Gasteiger partial charge on any atom is -0.338 e. The number of nitrogens with zero attached hydrogens (tertiary/aromatic N) is 3. The molecule has 0 aliphatic carbocycles. The van der Waals surface area contributed by atoms with Gasteiger partial charge in [-0.1, -0.05) is 0 Å². The molecule has 0 saturated carbocycles. The topological polar surface area (TPSA) is 96.1 Å². The van der Waals surface area contributed by atoms with Gasteiger partial charge >= 0.3 is 0 Å². The fraction of sp³-hybridized carbons (Fsp3) is 0.538. The Morgan fingerprint density at radius 2 is 1.95 bits per heavy atom. The van der Waals surface area contributed by atoms with Crippen LogP contribution in [0.5, 0.6) is 0 Å². The molecule has 9 heteroatoms. The molecule has 7 nitrogen and oxygen atoms in total. The first-order valence-electron chi connectivity index (χ1n) is 6.99. The van der Waals surface area contributed by atoms with Crippen LogP contribution in [0.15, 0.2) is 28.3 Å². The lowest BCUT2D eigenvalue weighted by atomic mass is 10.0. The van der Waals surface area contributed by atoms with Gasteiger partial charge in [-0.3, -0.25) is 4.79 Å². The average Bonchev–Trinajstić information content (AvgIpc) is 2.46. The molecular formula is C13H19ClN4O3S. The number of amidine groups is 1. The average molecular weight is 347 g/mol. The Labute approximate surface area is 136 Å². The SMILES string of the molecule is Cl.NC1CCN(C(=O)C2=CC=CN3CCS(=O)(=O)N=C23)CC1. The summed E-state index contributed by atoms with van der Waals surface area (Å²) in [6.07, 6.45) is 6.66. The fourth-order valence-corrected chi connectivity index (χ4v) is 3.64. The van der Waals surface area contributed by atoms with Gasteiger partial charge < -0.3 is 15.5 Å². The molecule has 0 aromatic rings. The van der Waals surface area contributed by atoms with Crippen LogP contribution < -0.4 is 5.73 Å². The zero-order valence-electron chi connectivity index (χ0n) is 12.0. The van der Waals surface area contributed by atoms with E-state index >= 15 is 0 Å². The van der Waals surface area contributed by atoms with Crippen LogP contribution in [0.2, 0.25) is 0 Å². The van der Waals surface area contributed by atoms with E-state index in [1.165, 1.54) is 0 Å². The van der Waals surface area contributed by atoms with Gasteiger partial charge in [0.15, 0.2) is 5.84 Å². The summed E-state index contributed by atoms with van der Waals surface area (Å²) in [6.45, 7) is 1.52. The maximum atomic E-state index is 12.6. The van der Waals surface area contributed by atoms with Crippen LogP contribution in [0, 0.1) is 0 Å². The number of sulfonamides is 1. The van der Waals surface area contributed by atoms with Gasteiger partial charge in [-0.05, 0) is 25.0 Å². The van der Waals surface area contributed by atoms with Crippen molar-refractivity contribution in [2.24, 2.45) is 10.1 Å². The molecule has 3 aliphatic rings. The van der Waals surface area contributed by atoms with E-state index in [2.05, 4.69) is 4.40 Å². The van der Waals surface area contributed by atoms with Gasteiger partial charge in [0.05, 0.1) is 11.3 Å². The number of hydrogen-bond donors (Lipinski definition) is 1. The van der Waals surface area contributed by atoms with Crippen molar-refractivity contribution in [2.45, 2.75) is 18.9 Å². The van der Waals surface area contributed by atoms with Crippen LogP contribution in [-0.4, -0.2) is 61.4 Å². The highest BCUT2D eigenvalue weighted by Gasteiger charge is 2.32. The number of halogens is 1. The highest BCUT2D eigenvalue weighted by atomic mass is 35.5. The monoisotopic (exact) mass is 346 g/mol. The van der Waals surface area contributed by atoms with Crippen molar-refractivity contribution in [3.8, 4) is 0 Å². The molecule has 1 amide bonds. The summed E-state index contributed by atoms with van der Waals surface area (Å²) in [5.74, 6) is 0.0386. The summed E-state index contributed by atoms with van der Waals surface area (Å²) in [4.78, 5) is 16.0. The van der Waals surface area contributed by atoms with Gasteiger partial charge in [0, 0.05) is 31.9 Å². The third-order valence-electron chi connectivity index (χ3n) is 3.91. The third-order valence-corrected chi connectivity index (χ3v) is 5.06. The molecule has 1 fully saturated rings. The number of amides is 1. The van der Waals surface area contributed by atoms with Gasteiger partial charge in [-0.2, -0.15) is 0 Å². The molecule has 0 spiro atoms. The first-order valence-corrected chi connectivity index (χ1v) is 8.60. The Bertz CT molecular complexity index is 648. The highest BCUT2D eigenvalue weighted by molar-refractivity contribution is 7.90. The van der Waals surface area contributed by atoms with Crippen molar-refractivity contribution >= 4 is 34.2 Å². The van der Waals surface area contributed by atoms with E-state index in [4.69, 9.17) is 5.73 Å². The molecule has 122 valence electrons. The lowest BCUT2D eigenvalue weighted by Crippen LogP contribution is -2.47. The lowest BCUT2D eigenvalue weighted by Gasteiger charge is -2.34. The predicted octanol–water partition coefficient (Wildman–Crippen LogP) is -0.144. The number of carbonyl (C=O) groups is 1. The maximum absolute atomic E-state index is 12.6. The Morgan fingerprint density at radius 3 is 2.64 bits per heavy atom. The summed E-state index contributed by atoms with van der Waals surface area (Å²) in [5, 5.41) is 0. The van der Waals surface area contributed by atoms with Gasteiger partial charge in [-0.15, -0.1) is 16.8 Å². The van der Waals surface area contributed by atoms with Crippen molar-refractivity contribution in [1.82, 2.24) is 9.80 Å². The fourth-order valence-electron chi connectivity index (χ4n) is 2.66. The molecule has 2 N–H and O–H groups in total. The van der Waals surface area contributed by atoms with Gasteiger partial charge in [0.25, 0.3) is 15.9 Å². The van der Waals surface area contributed by atoms with E-state index in [1.54, 1.807) is 28.2 Å². The van der Waals surface area contributed by atoms with Crippen LogP contribution in [0.3, 0.4) is 0 Å². The summed E-state index contributed by atoms with van der Waals surface area (Å²) in [6, 6.07) is 0.137. The van der Waals surface area contributed by atoms with Crippen molar-refractivity contribution in [2.75, 3.05) is 25.4 Å². The van der Waals surface area contributed by atoms with E-state index in [1.807, 2.05) is 0 Å². The number of piperidine rings is 1. The van der Waals surface area contributed by atoms with Gasteiger partial charge in [0.2, 0.25) is 0 Å². The lowest BCUT2D eigenvalue weighted by molar-refractivity contribution is -0.127. The van der Waals surface area contributed by atoms with E-state index in [-0.39, 0.29) is 35.9 Å². The molecule has 22 heavy (non-hydrogen) atoms. The first kappa shape index (κ1) is 17.0. The number of fused-ring (bicyclic) bond motifs is 1. The Kier molecular flexibility index (Phi) is 4.93. The predicted molar refractivity (Wildman–Crippen MR) is 86.2 cm³/mol. The molecule has 0 radical (unpaired) electrons. The third kappa shape index (κ3) is 3.34. The summed E-state index contributed by atoms with van der Waals surface area (Å²) in [7, 11) is -3.48. The quantitative estimate of drug-likeness (QED) is 0.712. The number of nitrogens with two attached hydrogens (primary N) is 1.